The molecule has 0 saturated carbocycles. The number of carbonyl (C=O) groups excluding carboxylic acids is 1. The molecule has 0 aliphatic rings. The van der Waals surface area contributed by atoms with Crippen LogP contribution in [0.3, 0.4) is 0 Å². The zero-order valence-corrected chi connectivity index (χ0v) is 8.73. The number of hydrogen-bond donors (Lipinski definition) is 2. The summed E-state index contributed by atoms with van der Waals surface area (Å²) in [6.45, 7) is 1.72. The number of carbonyl (C=O) groups is 1. The third kappa shape index (κ3) is 2.03. The molecule has 0 saturated heterocycles. The van der Waals surface area contributed by atoms with Crippen molar-refractivity contribution in [1.82, 2.24) is 5.16 Å². The molecule has 0 aliphatic heterocycles. The zero-order chi connectivity index (χ0) is 11.5. The molecule has 1 aromatic carbocycles. The third-order valence-corrected chi connectivity index (χ3v) is 2.07. The number of rotatable bonds is 2. The van der Waals surface area contributed by atoms with Gasteiger partial charge in [0.1, 0.15) is 5.76 Å². The Labute approximate surface area is 92.2 Å². The molecule has 5 nitrogen and oxygen atoms in total. The van der Waals surface area contributed by atoms with Crippen LogP contribution in [-0.4, -0.2) is 11.1 Å². The monoisotopic (exact) mass is 217 g/mol. The van der Waals surface area contributed by atoms with Crippen LogP contribution in [0.5, 0.6) is 0 Å². The fraction of sp³-hybridized carbons (Fsp3) is 0.0909. The second kappa shape index (κ2) is 4.06. The lowest BCUT2D eigenvalue weighted by Gasteiger charge is -2.05. The minimum Gasteiger partial charge on any atom is -0.397 e. The van der Waals surface area contributed by atoms with Crippen molar-refractivity contribution in [2.75, 3.05) is 11.1 Å². The first kappa shape index (κ1) is 10.2. The smallest absolute Gasteiger partial charge is 0.277 e. The summed E-state index contributed by atoms with van der Waals surface area (Å²) in [6.07, 6.45) is 0. The van der Waals surface area contributed by atoms with Crippen LogP contribution in [0.4, 0.5) is 11.4 Å². The Morgan fingerprint density at radius 3 is 2.81 bits per heavy atom. The summed E-state index contributed by atoms with van der Waals surface area (Å²) in [4.78, 5) is 11.7. The number of nitrogens with zero attached hydrogens (tertiary/aromatic N) is 1. The van der Waals surface area contributed by atoms with Crippen LogP contribution >= 0.6 is 0 Å². The van der Waals surface area contributed by atoms with Crippen molar-refractivity contribution in [2.45, 2.75) is 6.92 Å². The molecular formula is C11H11N3O2. The highest BCUT2D eigenvalue weighted by molar-refractivity contribution is 6.04. The van der Waals surface area contributed by atoms with Gasteiger partial charge in [0.25, 0.3) is 5.91 Å². The summed E-state index contributed by atoms with van der Waals surface area (Å²) in [5, 5.41) is 6.27. The van der Waals surface area contributed by atoms with Gasteiger partial charge in [0.2, 0.25) is 0 Å². The minimum atomic E-state index is -0.338. The maximum absolute atomic E-state index is 11.7. The van der Waals surface area contributed by atoms with E-state index in [0.29, 0.717) is 17.1 Å². The maximum atomic E-state index is 11.7. The van der Waals surface area contributed by atoms with Crippen LogP contribution in [0.25, 0.3) is 0 Å². The van der Waals surface area contributed by atoms with Gasteiger partial charge in [-0.05, 0) is 19.1 Å². The van der Waals surface area contributed by atoms with Crippen LogP contribution < -0.4 is 11.1 Å². The number of nitrogens with two attached hydrogens (primary N) is 1. The summed E-state index contributed by atoms with van der Waals surface area (Å²) >= 11 is 0. The molecule has 1 aromatic heterocycles. The number of anilines is 2. The van der Waals surface area contributed by atoms with Gasteiger partial charge < -0.3 is 15.6 Å². The zero-order valence-electron chi connectivity index (χ0n) is 8.73. The molecule has 0 atom stereocenters. The molecule has 0 radical (unpaired) electrons. The number of para-hydroxylation sites is 2. The predicted molar refractivity (Wildman–Crippen MR) is 60.0 cm³/mol. The standard InChI is InChI=1S/C11H11N3O2/c1-7-6-10(14-16-7)11(15)13-9-5-3-2-4-8(9)12/h2-6H,12H2,1H3,(H,13,15). The molecule has 0 fully saturated rings. The normalized spacial score (nSPS) is 10.1. The van der Waals surface area contributed by atoms with E-state index in [9.17, 15) is 4.79 Å². The first-order valence-corrected chi connectivity index (χ1v) is 4.76. The van der Waals surface area contributed by atoms with E-state index in [1.807, 2.05) is 0 Å². The first-order valence-electron chi connectivity index (χ1n) is 4.76. The Hall–Kier alpha value is -2.30. The molecule has 0 unspecified atom stereocenters. The van der Waals surface area contributed by atoms with Crippen molar-refractivity contribution in [3.8, 4) is 0 Å². The lowest BCUT2D eigenvalue weighted by Crippen LogP contribution is -2.13. The van der Waals surface area contributed by atoms with Crippen LogP contribution in [0, 0.1) is 6.92 Å². The topological polar surface area (TPSA) is 81.2 Å². The predicted octanol–water partition coefficient (Wildman–Crippen LogP) is 1.82. The van der Waals surface area contributed by atoms with Gasteiger partial charge in [-0.3, -0.25) is 4.79 Å². The highest BCUT2D eigenvalue weighted by atomic mass is 16.5. The van der Waals surface area contributed by atoms with E-state index in [1.165, 1.54) is 0 Å². The molecule has 5 heteroatoms. The van der Waals surface area contributed by atoms with Gasteiger partial charge >= 0.3 is 0 Å². The molecular weight excluding hydrogens is 206 g/mol. The molecule has 2 aromatic rings. The van der Waals surface area contributed by atoms with Gasteiger partial charge in [-0.25, -0.2) is 0 Å². The lowest BCUT2D eigenvalue weighted by atomic mass is 10.2. The quantitative estimate of drug-likeness (QED) is 0.752. The molecule has 3 N–H and O–H groups in total. The molecule has 0 aliphatic carbocycles. The van der Waals surface area contributed by atoms with E-state index < -0.39 is 0 Å². The highest BCUT2D eigenvalue weighted by Gasteiger charge is 2.11. The summed E-state index contributed by atoms with van der Waals surface area (Å²) in [5.74, 6) is 0.251. The maximum Gasteiger partial charge on any atom is 0.277 e. The van der Waals surface area contributed by atoms with E-state index >= 15 is 0 Å². The van der Waals surface area contributed by atoms with E-state index in [4.69, 9.17) is 10.3 Å². The van der Waals surface area contributed by atoms with Crippen molar-refractivity contribution >= 4 is 17.3 Å². The van der Waals surface area contributed by atoms with E-state index in [0.717, 1.165) is 0 Å². The molecule has 16 heavy (non-hydrogen) atoms. The van der Waals surface area contributed by atoms with Gasteiger partial charge in [0.05, 0.1) is 11.4 Å². The van der Waals surface area contributed by atoms with Gasteiger partial charge in [-0.1, -0.05) is 17.3 Å². The largest absolute Gasteiger partial charge is 0.397 e. The lowest BCUT2D eigenvalue weighted by molar-refractivity contribution is 0.101. The first-order chi connectivity index (χ1) is 7.66. The van der Waals surface area contributed by atoms with Gasteiger partial charge in [-0.2, -0.15) is 0 Å². The Balaban J connectivity index is 2.17. The molecule has 82 valence electrons. The molecule has 1 heterocycles. The van der Waals surface area contributed by atoms with Crippen LogP contribution in [0.1, 0.15) is 16.2 Å². The van der Waals surface area contributed by atoms with E-state index in [-0.39, 0.29) is 11.6 Å². The number of aromatic nitrogens is 1. The fourth-order valence-electron chi connectivity index (χ4n) is 1.27. The number of nitrogen functional groups attached to an aromatic ring is 1. The van der Waals surface area contributed by atoms with Crippen molar-refractivity contribution in [1.29, 1.82) is 0 Å². The molecule has 1 amide bonds. The fourth-order valence-corrected chi connectivity index (χ4v) is 1.27. The summed E-state index contributed by atoms with van der Waals surface area (Å²) < 4.78 is 4.81. The number of aryl methyl sites for hydroxylation is 1. The van der Waals surface area contributed by atoms with Gasteiger partial charge in [-0.15, -0.1) is 0 Å². The van der Waals surface area contributed by atoms with Crippen molar-refractivity contribution in [3.05, 3.63) is 41.8 Å². The molecule has 0 spiro atoms. The van der Waals surface area contributed by atoms with Gasteiger partial charge in [0, 0.05) is 6.07 Å². The number of nitrogens with one attached hydrogen (secondary N) is 1. The average molecular weight is 217 g/mol. The van der Waals surface area contributed by atoms with Crippen molar-refractivity contribution in [3.63, 3.8) is 0 Å². The number of amides is 1. The number of benzene rings is 1. The molecule has 2 rings (SSSR count). The Morgan fingerprint density at radius 2 is 2.19 bits per heavy atom. The molecule has 0 bridgehead atoms. The highest BCUT2D eigenvalue weighted by Crippen LogP contribution is 2.17. The average Bonchev–Trinajstić information content (AvgIpc) is 2.68. The SMILES string of the molecule is Cc1cc(C(=O)Nc2ccccc2N)no1. The Kier molecular flexibility index (Phi) is 2.59. The Morgan fingerprint density at radius 1 is 1.44 bits per heavy atom. The summed E-state index contributed by atoms with van der Waals surface area (Å²) in [6, 6.07) is 8.59. The van der Waals surface area contributed by atoms with E-state index in [1.54, 1.807) is 37.3 Å². The van der Waals surface area contributed by atoms with Crippen molar-refractivity contribution in [2.24, 2.45) is 0 Å². The van der Waals surface area contributed by atoms with Crippen LogP contribution in [-0.2, 0) is 0 Å². The summed E-state index contributed by atoms with van der Waals surface area (Å²) in [7, 11) is 0. The minimum absolute atomic E-state index is 0.237. The number of hydrogen-bond acceptors (Lipinski definition) is 4. The van der Waals surface area contributed by atoms with Crippen LogP contribution in [0.15, 0.2) is 34.9 Å². The van der Waals surface area contributed by atoms with Crippen LogP contribution in [0.2, 0.25) is 0 Å². The second-order valence-corrected chi connectivity index (χ2v) is 3.36. The Bertz CT molecular complexity index is 519. The summed E-state index contributed by atoms with van der Waals surface area (Å²) in [5.41, 5.74) is 7.00. The second-order valence-electron chi connectivity index (χ2n) is 3.36. The van der Waals surface area contributed by atoms with E-state index in [2.05, 4.69) is 10.5 Å². The van der Waals surface area contributed by atoms with Gasteiger partial charge in [0.15, 0.2) is 5.69 Å². The third-order valence-electron chi connectivity index (χ3n) is 2.07. The van der Waals surface area contributed by atoms with Crippen molar-refractivity contribution < 1.29 is 9.32 Å².